The third kappa shape index (κ3) is 8.27. The summed E-state index contributed by atoms with van der Waals surface area (Å²) < 4.78 is 10.9. The third-order valence-electron chi connectivity index (χ3n) is 3.28. The molecule has 0 saturated carbocycles. The van der Waals surface area contributed by atoms with Crippen LogP contribution in [0.1, 0.15) is 47.5 Å². The highest BCUT2D eigenvalue weighted by molar-refractivity contribution is 5.68. The molecule has 1 fully saturated rings. The van der Waals surface area contributed by atoms with Crippen molar-refractivity contribution in [1.29, 1.82) is 0 Å². The molecule has 1 aliphatic heterocycles. The fourth-order valence-electron chi connectivity index (χ4n) is 2.25. The van der Waals surface area contributed by atoms with Gasteiger partial charge < -0.3 is 19.7 Å². The molecule has 21 heavy (non-hydrogen) atoms. The molecule has 1 rings (SSSR count). The Morgan fingerprint density at radius 2 is 1.90 bits per heavy atom. The molecule has 0 atom stereocenters. The van der Waals surface area contributed by atoms with E-state index in [-0.39, 0.29) is 6.09 Å². The largest absolute Gasteiger partial charge is 0.444 e. The zero-order valence-corrected chi connectivity index (χ0v) is 14.3. The van der Waals surface area contributed by atoms with Crippen molar-refractivity contribution in [3.05, 3.63) is 0 Å². The van der Waals surface area contributed by atoms with Crippen molar-refractivity contribution in [2.45, 2.75) is 59.1 Å². The van der Waals surface area contributed by atoms with E-state index in [9.17, 15) is 4.79 Å². The van der Waals surface area contributed by atoms with Crippen LogP contribution in [0.3, 0.4) is 0 Å². The second-order valence-corrected chi connectivity index (χ2v) is 7.16. The summed E-state index contributed by atoms with van der Waals surface area (Å²) in [6.07, 6.45) is 1.76. The Morgan fingerprint density at radius 1 is 1.29 bits per heavy atom. The van der Waals surface area contributed by atoms with E-state index in [2.05, 4.69) is 19.2 Å². The number of ether oxygens (including phenoxy) is 2. The standard InChI is InChI=1S/C16H32N2O3/c1-13(2)12-20-11-8-17-14-6-9-18(10-7-14)15(19)21-16(3,4)5/h13-14,17H,6-12H2,1-5H3. The first-order valence-electron chi connectivity index (χ1n) is 8.07. The lowest BCUT2D eigenvalue weighted by atomic mass is 10.1. The summed E-state index contributed by atoms with van der Waals surface area (Å²) in [6, 6.07) is 0.478. The average molecular weight is 300 g/mol. The maximum atomic E-state index is 11.9. The van der Waals surface area contributed by atoms with Crippen LogP contribution in [0.15, 0.2) is 0 Å². The molecule has 0 aromatic carbocycles. The number of piperidine rings is 1. The van der Waals surface area contributed by atoms with Gasteiger partial charge in [-0.15, -0.1) is 0 Å². The highest BCUT2D eigenvalue weighted by Crippen LogP contribution is 2.15. The molecule has 1 heterocycles. The van der Waals surface area contributed by atoms with Crippen LogP contribution >= 0.6 is 0 Å². The maximum Gasteiger partial charge on any atom is 0.410 e. The van der Waals surface area contributed by atoms with Crippen molar-refractivity contribution < 1.29 is 14.3 Å². The van der Waals surface area contributed by atoms with Gasteiger partial charge in [0.15, 0.2) is 0 Å². The van der Waals surface area contributed by atoms with E-state index >= 15 is 0 Å². The van der Waals surface area contributed by atoms with Crippen LogP contribution in [0.4, 0.5) is 4.79 Å². The fourth-order valence-corrected chi connectivity index (χ4v) is 2.25. The van der Waals surface area contributed by atoms with E-state index in [1.54, 1.807) is 4.90 Å². The summed E-state index contributed by atoms with van der Waals surface area (Å²) in [7, 11) is 0. The van der Waals surface area contributed by atoms with Crippen molar-refractivity contribution in [3.63, 3.8) is 0 Å². The van der Waals surface area contributed by atoms with Crippen LogP contribution in [0.5, 0.6) is 0 Å². The van der Waals surface area contributed by atoms with Gasteiger partial charge in [0.25, 0.3) is 0 Å². The van der Waals surface area contributed by atoms with Crippen molar-refractivity contribution >= 4 is 6.09 Å². The van der Waals surface area contributed by atoms with Gasteiger partial charge in [-0.05, 0) is 39.5 Å². The van der Waals surface area contributed by atoms with Crippen LogP contribution in [-0.2, 0) is 9.47 Å². The van der Waals surface area contributed by atoms with Crippen molar-refractivity contribution in [1.82, 2.24) is 10.2 Å². The topological polar surface area (TPSA) is 50.8 Å². The van der Waals surface area contributed by atoms with Crippen LogP contribution in [0, 0.1) is 5.92 Å². The number of amides is 1. The molecule has 124 valence electrons. The Hall–Kier alpha value is -0.810. The normalized spacial score (nSPS) is 17.3. The van der Waals surface area contributed by atoms with Gasteiger partial charge in [0.1, 0.15) is 5.60 Å². The van der Waals surface area contributed by atoms with Crippen LogP contribution in [0.2, 0.25) is 0 Å². The van der Waals surface area contributed by atoms with E-state index < -0.39 is 5.60 Å². The smallest absolute Gasteiger partial charge is 0.410 e. The summed E-state index contributed by atoms with van der Waals surface area (Å²) in [5, 5.41) is 3.50. The maximum absolute atomic E-state index is 11.9. The zero-order chi connectivity index (χ0) is 15.9. The molecule has 0 aromatic rings. The van der Waals surface area contributed by atoms with Crippen molar-refractivity contribution in [2.75, 3.05) is 32.8 Å². The molecule has 0 aromatic heterocycles. The van der Waals surface area contributed by atoms with Gasteiger partial charge in [-0.3, -0.25) is 0 Å². The molecule has 5 heteroatoms. The molecule has 1 N–H and O–H groups in total. The minimum Gasteiger partial charge on any atom is -0.444 e. The molecule has 1 aliphatic rings. The molecule has 1 amide bonds. The lowest BCUT2D eigenvalue weighted by Gasteiger charge is -2.33. The summed E-state index contributed by atoms with van der Waals surface area (Å²) in [4.78, 5) is 13.8. The van der Waals surface area contributed by atoms with Gasteiger partial charge >= 0.3 is 6.09 Å². The highest BCUT2D eigenvalue weighted by atomic mass is 16.6. The number of nitrogens with one attached hydrogen (secondary N) is 1. The fraction of sp³-hybridized carbons (Fsp3) is 0.938. The highest BCUT2D eigenvalue weighted by Gasteiger charge is 2.26. The monoisotopic (exact) mass is 300 g/mol. The number of hydrogen-bond acceptors (Lipinski definition) is 4. The number of hydrogen-bond donors (Lipinski definition) is 1. The molecule has 1 saturated heterocycles. The van der Waals surface area contributed by atoms with E-state index in [0.717, 1.165) is 45.7 Å². The molecule has 0 radical (unpaired) electrons. The molecule has 5 nitrogen and oxygen atoms in total. The first kappa shape index (κ1) is 18.2. The Balaban J connectivity index is 2.13. The zero-order valence-electron chi connectivity index (χ0n) is 14.3. The minimum atomic E-state index is -0.417. The lowest BCUT2D eigenvalue weighted by molar-refractivity contribution is 0.0195. The summed E-state index contributed by atoms with van der Waals surface area (Å²) >= 11 is 0. The quantitative estimate of drug-likeness (QED) is 0.766. The first-order valence-corrected chi connectivity index (χ1v) is 8.07. The minimum absolute atomic E-state index is 0.193. The first-order chi connectivity index (χ1) is 9.78. The van der Waals surface area contributed by atoms with E-state index in [1.807, 2.05) is 20.8 Å². The SMILES string of the molecule is CC(C)COCCNC1CCN(C(=O)OC(C)(C)C)CC1. The average Bonchev–Trinajstić information content (AvgIpc) is 2.36. The van der Waals surface area contributed by atoms with Gasteiger partial charge in [-0.1, -0.05) is 13.8 Å². The number of nitrogens with zero attached hydrogens (tertiary/aromatic N) is 1. The number of carbonyl (C=O) groups is 1. The molecular weight excluding hydrogens is 268 g/mol. The van der Waals surface area contributed by atoms with Crippen molar-refractivity contribution in [2.24, 2.45) is 5.92 Å². The Morgan fingerprint density at radius 3 is 2.43 bits per heavy atom. The van der Waals surface area contributed by atoms with Gasteiger partial charge in [0.2, 0.25) is 0 Å². The molecule has 0 bridgehead atoms. The van der Waals surface area contributed by atoms with Crippen LogP contribution in [0.25, 0.3) is 0 Å². The second kappa shape index (κ2) is 8.59. The third-order valence-corrected chi connectivity index (χ3v) is 3.28. The van der Waals surface area contributed by atoms with Gasteiger partial charge in [0.05, 0.1) is 6.61 Å². The Kier molecular flexibility index (Phi) is 7.46. The predicted molar refractivity (Wildman–Crippen MR) is 84.5 cm³/mol. The summed E-state index contributed by atoms with van der Waals surface area (Å²) in [5.41, 5.74) is -0.417. The number of carbonyl (C=O) groups excluding carboxylic acids is 1. The van der Waals surface area contributed by atoms with Crippen LogP contribution in [-0.4, -0.2) is 55.5 Å². The summed E-state index contributed by atoms with van der Waals surface area (Å²) in [6.45, 7) is 14.0. The molecule has 0 spiro atoms. The Labute approximate surface area is 129 Å². The lowest BCUT2D eigenvalue weighted by Crippen LogP contribution is -2.47. The molecule has 0 aliphatic carbocycles. The van der Waals surface area contributed by atoms with E-state index in [0.29, 0.717) is 12.0 Å². The Bertz CT molecular complexity index is 305. The van der Waals surface area contributed by atoms with Gasteiger partial charge in [-0.2, -0.15) is 0 Å². The van der Waals surface area contributed by atoms with E-state index in [4.69, 9.17) is 9.47 Å². The van der Waals surface area contributed by atoms with E-state index in [1.165, 1.54) is 0 Å². The second-order valence-electron chi connectivity index (χ2n) is 7.16. The van der Waals surface area contributed by atoms with Crippen molar-refractivity contribution in [3.8, 4) is 0 Å². The number of likely N-dealkylation sites (tertiary alicyclic amines) is 1. The van der Waals surface area contributed by atoms with Gasteiger partial charge in [0, 0.05) is 32.3 Å². The molecule has 0 unspecified atom stereocenters. The predicted octanol–water partition coefficient (Wildman–Crippen LogP) is 2.65. The van der Waals surface area contributed by atoms with Crippen LogP contribution < -0.4 is 5.32 Å². The molecular formula is C16H32N2O3. The summed E-state index contributed by atoms with van der Waals surface area (Å²) in [5.74, 6) is 0.585. The number of rotatable bonds is 6. The van der Waals surface area contributed by atoms with Gasteiger partial charge in [-0.25, -0.2) is 4.79 Å².